The minimum atomic E-state index is -0.166. The number of benzene rings is 1. The number of halogens is 1. The fraction of sp³-hybridized carbons (Fsp3) is 0.333. The van der Waals surface area contributed by atoms with Gasteiger partial charge < -0.3 is 10.8 Å². The first-order chi connectivity index (χ1) is 5.54. The molecule has 3 N–H and O–H groups in total. The number of aromatic hydroxyl groups is 1. The van der Waals surface area contributed by atoms with Gasteiger partial charge in [0.25, 0.3) is 0 Å². The lowest BCUT2D eigenvalue weighted by molar-refractivity contribution is 0.459. The summed E-state index contributed by atoms with van der Waals surface area (Å²) in [7, 11) is 0. The van der Waals surface area contributed by atoms with Crippen LogP contribution < -0.4 is 5.73 Å². The number of phenolic OH excluding ortho intramolecular Hbond substituents is 1. The molecule has 3 heteroatoms. The molecule has 66 valence electrons. The van der Waals surface area contributed by atoms with Crippen LogP contribution in [0.15, 0.2) is 12.1 Å². The number of hydrogen-bond acceptors (Lipinski definition) is 2. The Morgan fingerprint density at radius 3 is 2.58 bits per heavy atom. The molecular weight excluding hydrogens is 174 g/mol. The highest BCUT2D eigenvalue weighted by molar-refractivity contribution is 6.31. The highest BCUT2D eigenvalue weighted by Gasteiger charge is 2.09. The van der Waals surface area contributed by atoms with Crippen molar-refractivity contribution in [3.05, 3.63) is 28.3 Å². The average molecular weight is 186 g/mol. The van der Waals surface area contributed by atoms with Gasteiger partial charge in [-0.05, 0) is 19.9 Å². The fourth-order valence-electron chi connectivity index (χ4n) is 1.06. The van der Waals surface area contributed by atoms with E-state index in [0.29, 0.717) is 10.6 Å². The molecule has 0 aliphatic carbocycles. The molecule has 2 nitrogen and oxygen atoms in total. The Kier molecular flexibility index (Phi) is 2.60. The second-order valence-electron chi connectivity index (χ2n) is 2.90. The van der Waals surface area contributed by atoms with Crippen molar-refractivity contribution in [3.8, 4) is 5.75 Å². The van der Waals surface area contributed by atoms with E-state index in [0.717, 1.165) is 5.56 Å². The average Bonchev–Trinajstić information content (AvgIpc) is 2.00. The molecule has 0 radical (unpaired) electrons. The van der Waals surface area contributed by atoms with Crippen molar-refractivity contribution in [1.82, 2.24) is 0 Å². The van der Waals surface area contributed by atoms with Crippen LogP contribution in [-0.4, -0.2) is 5.11 Å². The number of rotatable bonds is 1. The van der Waals surface area contributed by atoms with Crippen molar-refractivity contribution in [3.63, 3.8) is 0 Å². The van der Waals surface area contributed by atoms with E-state index in [9.17, 15) is 5.11 Å². The van der Waals surface area contributed by atoms with E-state index >= 15 is 0 Å². The van der Waals surface area contributed by atoms with Crippen molar-refractivity contribution < 1.29 is 5.11 Å². The predicted octanol–water partition coefficient (Wildman–Crippen LogP) is 2.37. The Balaban J connectivity index is 3.27. The van der Waals surface area contributed by atoms with Gasteiger partial charge in [-0.25, -0.2) is 0 Å². The molecule has 12 heavy (non-hydrogen) atoms. The minimum Gasteiger partial charge on any atom is -0.507 e. The molecule has 0 saturated carbocycles. The molecule has 0 amide bonds. The van der Waals surface area contributed by atoms with E-state index < -0.39 is 0 Å². The smallest absolute Gasteiger partial charge is 0.124 e. The summed E-state index contributed by atoms with van der Waals surface area (Å²) in [5.41, 5.74) is 7.05. The summed E-state index contributed by atoms with van der Waals surface area (Å²) in [6.07, 6.45) is 0. The van der Waals surface area contributed by atoms with Gasteiger partial charge in [0, 0.05) is 22.2 Å². The lowest BCUT2D eigenvalue weighted by Crippen LogP contribution is -2.05. The maximum Gasteiger partial charge on any atom is 0.124 e. The van der Waals surface area contributed by atoms with Gasteiger partial charge >= 0.3 is 0 Å². The van der Waals surface area contributed by atoms with Gasteiger partial charge in [-0.3, -0.25) is 0 Å². The van der Waals surface area contributed by atoms with Crippen molar-refractivity contribution in [2.75, 3.05) is 0 Å². The van der Waals surface area contributed by atoms with Crippen molar-refractivity contribution in [2.45, 2.75) is 19.9 Å². The molecule has 0 bridgehead atoms. The van der Waals surface area contributed by atoms with Crippen LogP contribution in [0.25, 0.3) is 0 Å². The summed E-state index contributed by atoms with van der Waals surface area (Å²) in [6, 6.07) is 3.32. The topological polar surface area (TPSA) is 46.2 Å². The molecule has 0 unspecified atom stereocenters. The first-order valence-electron chi connectivity index (χ1n) is 3.77. The maximum absolute atomic E-state index is 9.58. The van der Waals surface area contributed by atoms with Crippen LogP contribution in [-0.2, 0) is 0 Å². The van der Waals surface area contributed by atoms with Gasteiger partial charge in [0.1, 0.15) is 5.75 Å². The summed E-state index contributed by atoms with van der Waals surface area (Å²) < 4.78 is 0. The molecule has 0 aromatic heterocycles. The normalized spacial score (nSPS) is 13.0. The van der Waals surface area contributed by atoms with Gasteiger partial charge in [0.15, 0.2) is 0 Å². The van der Waals surface area contributed by atoms with Crippen LogP contribution in [0.2, 0.25) is 5.02 Å². The third kappa shape index (κ3) is 1.54. The van der Waals surface area contributed by atoms with Gasteiger partial charge in [-0.15, -0.1) is 0 Å². The standard InChI is InChI=1S/C9H12ClNO/c1-5-8(10)4-3-7(6(2)11)9(5)12/h3-4,6,12H,11H2,1-2H3/t6-/m1/s1. The molecule has 0 fully saturated rings. The molecule has 1 rings (SSSR count). The monoisotopic (exact) mass is 185 g/mol. The zero-order chi connectivity index (χ0) is 9.30. The highest BCUT2D eigenvalue weighted by Crippen LogP contribution is 2.31. The SMILES string of the molecule is Cc1c(Cl)ccc([C@@H](C)N)c1O. The van der Waals surface area contributed by atoms with Gasteiger partial charge in [-0.1, -0.05) is 17.7 Å². The van der Waals surface area contributed by atoms with E-state index in [1.54, 1.807) is 19.1 Å². The Bertz CT molecular complexity index is 297. The van der Waals surface area contributed by atoms with Crippen molar-refractivity contribution in [2.24, 2.45) is 5.73 Å². The molecule has 0 saturated heterocycles. The Hall–Kier alpha value is -0.730. The molecule has 1 atom stereocenters. The summed E-state index contributed by atoms with van der Waals surface area (Å²) in [5.74, 6) is 0.206. The van der Waals surface area contributed by atoms with Crippen molar-refractivity contribution in [1.29, 1.82) is 0 Å². The zero-order valence-electron chi connectivity index (χ0n) is 7.13. The first kappa shape index (κ1) is 9.36. The summed E-state index contributed by atoms with van der Waals surface area (Å²) in [5, 5.41) is 10.2. The summed E-state index contributed by atoms with van der Waals surface area (Å²) >= 11 is 5.79. The molecular formula is C9H12ClNO. The third-order valence-corrected chi connectivity index (χ3v) is 2.30. The lowest BCUT2D eigenvalue weighted by atomic mass is 10.0. The van der Waals surface area contributed by atoms with Crippen LogP contribution in [0.3, 0.4) is 0 Å². The summed E-state index contributed by atoms with van der Waals surface area (Å²) in [6.45, 7) is 3.59. The third-order valence-electron chi connectivity index (χ3n) is 1.89. The van der Waals surface area contributed by atoms with Crippen LogP contribution in [0.1, 0.15) is 24.1 Å². The van der Waals surface area contributed by atoms with E-state index in [1.807, 2.05) is 6.92 Å². The second-order valence-corrected chi connectivity index (χ2v) is 3.31. The number of nitrogens with two attached hydrogens (primary N) is 1. The molecule has 0 aliphatic heterocycles. The highest BCUT2D eigenvalue weighted by atomic mass is 35.5. The fourth-order valence-corrected chi connectivity index (χ4v) is 1.22. The molecule has 1 aromatic carbocycles. The van der Waals surface area contributed by atoms with E-state index in [-0.39, 0.29) is 11.8 Å². The minimum absolute atomic E-state index is 0.166. The van der Waals surface area contributed by atoms with Crippen LogP contribution in [0, 0.1) is 6.92 Å². The van der Waals surface area contributed by atoms with E-state index in [2.05, 4.69) is 0 Å². The Morgan fingerprint density at radius 1 is 1.50 bits per heavy atom. The van der Waals surface area contributed by atoms with Gasteiger partial charge in [0.2, 0.25) is 0 Å². The largest absolute Gasteiger partial charge is 0.507 e. The van der Waals surface area contributed by atoms with E-state index in [4.69, 9.17) is 17.3 Å². The lowest BCUT2D eigenvalue weighted by Gasteiger charge is -2.10. The van der Waals surface area contributed by atoms with Crippen molar-refractivity contribution >= 4 is 11.6 Å². The zero-order valence-corrected chi connectivity index (χ0v) is 7.89. The quantitative estimate of drug-likeness (QED) is 0.706. The number of hydrogen-bond donors (Lipinski definition) is 2. The van der Waals surface area contributed by atoms with E-state index in [1.165, 1.54) is 0 Å². The van der Waals surface area contributed by atoms with Gasteiger partial charge in [0.05, 0.1) is 0 Å². The van der Waals surface area contributed by atoms with Crippen LogP contribution >= 0.6 is 11.6 Å². The van der Waals surface area contributed by atoms with Crippen LogP contribution in [0.5, 0.6) is 5.75 Å². The Morgan fingerprint density at radius 2 is 2.08 bits per heavy atom. The van der Waals surface area contributed by atoms with Gasteiger partial charge in [-0.2, -0.15) is 0 Å². The molecule has 0 aliphatic rings. The maximum atomic E-state index is 9.58. The first-order valence-corrected chi connectivity index (χ1v) is 4.15. The summed E-state index contributed by atoms with van der Waals surface area (Å²) in [4.78, 5) is 0. The van der Waals surface area contributed by atoms with Crippen LogP contribution in [0.4, 0.5) is 0 Å². The molecule has 1 aromatic rings. The molecule has 0 spiro atoms. The second kappa shape index (κ2) is 3.33. The molecule has 0 heterocycles. The Labute approximate surface area is 77.0 Å². The predicted molar refractivity (Wildman–Crippen MR) is 50.5 cm³/mol. The number of phenols is 1.